The summed E-state index contributed by atoms with van der Waals surface area (Å²) < 4.78 is 6.81. The zero-order chi connectivity index (χ0) is 36.7. The highest BCUT2D eigenvalue weighted by Crippen LogP contribution is 2.42. The van der Waals surface area contributed by atoms with Crippen molar-refractivity contribution in [3.8, 4) is 22.3 Å². The van der Waals surface area contributed by atoms with E-state index in [-0.39, 0.29) is 5.84 Å². The van der Waals surface area contributed by atoms with Crippen LogP contribution in [0.5, 0.6) is 0 Å². The van der Waals surface area contributed by atoms with Crippen LogP contribution in [0.4, 0.5) is 0 Å². The second kappa shape index (κ2) is 13.5. The van der Waals surface area contributed by atoms with E-state index in [1.165, 1.54) is 21.9 Å². The normalized spacial score (nSPS) is 12.1. The molecule has 0 amide bonds. The summed E-state index contributed by atoms with van der Waals surface area (Å²) in [5.41, 5.74) is 8.58. The molecule has 4 heteroatoms. The van der Waals surface area contributed by atoms with E-state index in [0.717, 1.165) is 65.7 Å². The van der Waals surface area contributed by atoms with E-state index in [4.69, 9.17) is 19.8 Å². The number of nitrogens with zero attached hydrogens (tertiary/aromatic N) is 2. The van der Waals surface area contributed by atoms with Crippen LogP contribution in [0.2, 0.25) is 0 Å². The smallest absolute Gasteiger partial charge is 0.161 e. The molecule has 9 aromatic carbocycles. The number of rotatable bonds is 5. The molecular formula is C51H33N3O. The minimum atomic E-state index is 0.134. The van der Waals surface area contributed by atoms with Crippen molar-refractivity contribution in [2.24, 2.45) is 9.98 Å². The second-order valence-electron chi connectivity index (χ2n) is 13.8. The van der Waals surface area contributed by atoms with Crippen molar-refractivity contribution in [1.29, 1.82) is 5.41 Å². The molecule has 10 aromatic rings. The van der Waals surface area contributed by atoms with Gasteiger partial charge in [-0.2, -0.15) is 0 Å². The zero-order valence-corrected chi connectivity index (χ0v) is 29.8. The van der Waals surface area contributed by atoms with Gasteiger partial charge in [-0.3, -0.25) is 5.41 Å². The van der Waals surface area contributed by atoms with Crippen LogP contribution in [-0.2, 0) is 0 Å². The average molecular weight is 704 g/mol. The van der Waals surface area contributed by atoms with Crippen LogP contribution in [0.25, 0.3) is 76.5 Å². The topological polar surface area (TPSA) is 61.7 Å². The Morgan fingerprint density at radius 1 is 0.436 bits per heavy atom. The van der Waals surface area contributed by atoms with Crippen LogP contribution in [0.1, 0.15) is 16.7 Å². The fourth-order valence-corrected chi connectivity index (χ4v) is 7.59. The van der Waals surface area contributed by atoms with Gasteiger partial charge in [0.1, 0.15) is 11.2 Å². The maximum Gasteiger partial charge on any atom is 0.161 e. The number of furan rings is 1. The van der Waals surface area contributed by atoms with E-state index in [1.54, 1.807) is 6.21 Å². The molecule has 0 aliphatic rings. The number of nitrogens with one attached hydrogen (secondary N) is 1. The van der Waals surface area contributed by atoms with E-state index in [2.05, 4.69) is 115 Å². The summed E-state index contributed by atoms with van der Waals surface area (Å²) in [5, 5.41) is 18.1. The first-order valence-electron chi connectivity index (χ1n) is 18.4. The van der Waals surface area contributed by atoms with Gasteiger partial charge in [0, 0.05) is 39.1 Å². The van der Waals surface area contributed by atoms with Crippen LogP contribution >= 0.6 is 0 Å². The molecule has 0 radical (unpaired) electrons. The van der Waals surface area contributed by atoms with Crippen LogP contribution in [-0.4, -0.2) is 17.9 Å². The number of hydrogen-bond acceptors (Lipinski definition) is 2. The predicted molar refractivity (Wildman–Crippen MR) is 231 cm³/mol. The molecule has 1 aromatic heterocycles. The lowest BCUT2D eigenvalue weighted by molar-refractivity contribution is 0.674. The number of aliphatic imine (C=N–C) groups is 2. The zero-order valence-electron chi connectivity index (χ0n) is 29.8. The molecule has 0 bridgehead atoms. The van der Waals surface area contributed by atoms with Gasteiger partial charge in [-0.05, 0) is 67.4 Å². The number of fused-ring (bicyclic) bond motifs is 7. The van der Waals surface area contributed by atoms with Crippen LogP contribution in [0.15, 0.2) is 202 Å². The van der Waals surface area contributed by atoms with Crippen molar-refractivity contribution in [2.75, 3.05) is 0 Å². The van der Waals surface area contributed by atoms with Gasteiger partial charge < -0.3 is 4.42 Å². The quantitative estimate of drug-likeness (QED) is 0.141. The molecule has 0 spiro atoms. The molecule has 0 atom stereocenters. The molecule has 0 saturated heterocycles. The summed E-state index contributed by atoms with van der Waals surface area (Å²) in [6.07, 6.45) is 1.80. The number of benzene rings is 9. The molecule has 0 unspecified atom stereocenters. The van der Waals surface area contributed by atoms with E-state index >= 15 is 0 Å². The summed E-state index contributed by atoms with van der Waals surface area (Å²) in [5.74, 6) is 0.612. The Morgan fingerprint density at radius 2 is 1.04 bits per heavy atom. The Hall–Kier alpha value is -7.43. The molecule has 4 nitrogen and oxygen atoms in total. The van der Waals surface area contributed by atoms with Crippen molar-refractivity contribution in [3.63, 3.8) is 0 Å². The fourth-order valence-electron chi connectivity index (χ4n) is 7.59. The molecule has 1 heterocycles. The minimum absolute atomic E-state index is 0.134. The van der Waals surface area contributed by atoms with Crippen LogP contribution < -0.4 is 0 Å². The third-order valence-electron chi connectivity index (χ3n) is 10.4. The number of hydrogen-bond donors (Lipinski definition) is 1. The molecule has 0 aliphatic heterocycles. The Bertz CT molecular complexity index is 3150. The molecular weight excluding hydrogens is 671 g/mol. The molecule has 0 fully saturated rings. The predicted octanol–water partition coefficient (Wildman–Crippen LogP) is 13.3. The SMILES string of the molecule is N=C(N=C(N=Cc1ccccc1)c1ccc2ccccc2c1)c1ccc(-c2cccc3c2oc2c4ccccc4c(-c4ccc5ccccc5c4)cc32)cc1. The third-order valence-corrected chi connectivity index (χ3v) is 10.4. The lowest BCUT2D eigenvalue weighted by atomic mass is 9.93. The van der Waals surface area contributed by atoms with Crippen LogP contribution in [0.3, 0.4) is 0 Å². The largest absolute Gasteiger partial charge is 0.455 e. The summed E-state index contributed by atoms with van der Waals surface area (Å²) >= 11 is 0. The first kappa shape index (κ1) is 32.2. The first-order valence-corrected chi connectivity index (χ1v) is 18.4. The van der Waals surface area contributed by atoms with Gasteiger partial charge in [-0.25, -0.2) is 9.98 Å². The van der Waals surface area contributed by atoms with Gasteiger partial charge in [0.05, 0.1) is 0 Å². The van der Waals surface area contributed by atoms with Gasteiger partial charge >= 0.3 is 0 Å². The maximum atomic E-state index is 9.07. The number of para-hydroxylation sites is 1. The summed E-state index contributed by atoms with van der Waals surface area (Å²) in [7, 11) is 0. The van der Waals surface area contributed by atoms with Crippen LogP contribution in [0, 0.1) is 5.41 Å². The Kier molecular flexibility index (Phi) is 7.93. The third kappa shape index (κ3) is 5.96. The van der Waals surface area contributed by atoms with Crippen molar-refractivity contribution < 1.29 is 4.42 Å². The maximum absolute atomic E-state index is 9.07. The van der Waals surface area contributed by atoms with Crippen molar-refractivity contribution in [3.05, 3.63) is 205 Å². The molecule has 55 heavy (non-hydrogen) atoms. The standard InChI is InChI=1S/C51H33N3O/c52-50(54-51(53-32-33-11-2-1-3-12-33)41-28-22-35-14-5-7-16-39(35)30-41)37-25-23-36(24-26-37)42-19-10-20-45-47-31-46(40-27-21-34-13-4-6-15-38(34)29-40)43-17-8-9-18-44(43)49(47)55-48(42)45/h1-32,52H. The second-order valence-corrected chi connectivity index (χ2v) is 13.8. The molecule has 258 valence electrons. The molecule has 0 saturated carbocycles. The van der Waals surface area contributed by atoms with Gasteiger partial charge in [0.15, 0.2) is 11.7 Å². The van der Waals surface area contributed by atoms with E-state index in [0.29, 0.717) is 11.4 Å². The van der Waals surface area contributed by atoms with Crippen molar-refractivity contribution in [1.82, 2.24) is 0 Å². The van der Waals surface area contributed by atoms with Gasteiger partial charge in [-0.15, -0.1) is 0 Å². The highest BCUT2D eigenvalue weighted by atomic mass is 16.3. The van der Waals surface area contributed by atoms with E-state index in [1.807, 2.05) is 72.8 Å². The van der Waals surface area contributed by atoms with Gasteiger partial charge in [-0.1, -0.05) is 170 Å². The average Bonchev–Trinajstić information content (AvgIpc) is 3.64. The van der Waals surface area contributed by atoms with Crippen molar-refractivity contribution >= 4 is 72.1 Å². The molecule has 10 rings (SSSR count). The Balaban J connectivity index is 1.03. The highest BCUT2D eigenvalue weighted by molar-refractivity contribution is 6.21. The minimum Gasteiger partial charge on any atom is -0.455 e. The fraction of sp³-hybridized carbons (Fsp3) is 0. The van der Waals surface area contributed by atoms with Gasteiger partial charge in [0.2, 0.25) is 0 Å². The Labute approximate surface area is 317 Å². The lowest BCUT2D eigenvalue weighted by Gasteiger charge is -2.09. The van der Waals surface area contributed by atoms with E-state index < -0.39 is 0 Å². The van der Waals surface area contributed by atoms with E-state index in [9.17, 15) is 0 Å². The van der Waals surface area contributed by atoms with Gasteiger partial charge in [0.25, 0.3) is 0 Å². The molecule has 1 N–H and O–H groups in total. The summed E-state index contributed by atoms with van der Waals surface area (Å²) in [4.78, 5) is 9.57. The summed E-state index contributed by atoms with van der Waals surface area (Å²) in [6.45, 7) is 0. The first-order chi connectivity index (χ1) is 27.2. The number of amidine groups is 2. The monoisotopic (exact) mass is 703 g/mol. The Morgan fingerprint density at radius 3 is 1.82 bits per heavy atom. The summed E-state index contributed by atoms with van der Waals surface area (Å²) in [6, 6.07) is 64.7. The van der Waals surface area contributed by atoms with Crippen molar-refractivity contribution in [2.45, 2.75) is 0 Å². The lowest BCUT2D eigenvalue weighted by Crippen LogP contribution is -2.05. The highest BCUT2D eigenvalue weighted by Gasteiger charge is 2.18. The molecule has 0 aliphatic carbocycles.